The van der Waals surface area contributed by atoms with E-state index in [0.29, 0.717) is 0 Å². The van der Waals surface area contributed by atoms with Crippen LogP contribution in [0.2, 0.25) is 0 Å². The van der Waals surface area contributed by atoms with Crippen LogP contribution in [-0.2, 0) is 30.5 Å². The summed E-state index contributed by atoms with van der Waals surface area (Å²) in [5.74, 6) is 0. The van der Waals surface area contributed by atoms with Gasteiger partial charge in [-0.05, 0) is 151 Å². The Labute approximate surface area is 605 Å². The van der Waals surface area contributed by atoms with Gasteiger partial charge in [0.25, 0.3) is 0 Å². The van der Waals surface area contributed by atoms with Crippen LogP contribution in [0.1, 0.15) is 94.6 Å². The predicted molar refractivity (Wildman–Crippen MR) is 437 cm³/mol. The van der Waals surface area contributed by atoms with E-state index in [9.17, 15) is 0 Å². The number of pyridine rings is 2. The average molecular weight is 1350 g/mol. The van der Waals surface area contributed by atoms with E-state index in [1.807, 2.05) is 145 Å². The predicted octanol–water partition coefficient (Wildman–Crippen LogP) is 21.5. The van der Waals surface area contributed by atoms with Crippen molar-refractivity contribution in [1.29, 1.82) is 0 Å². The number of aromatic nitrogens is 10. The summed E-state index contributed by atoms with van der Waals surface area (Å²) >= 11 is 0. The van der Waals surface area contributed by atoms with Gasteiger partial charge in [0.2, 0.25) is 0 Å². The molecule has 0 spiro atoms. The van der Waals surface area contributed by atoms with Gasteiger partial charge in [0.15, 0.2) is 0 Å². The molecule has 0 aliphatic carbocycles. The zero-order valence-electron chi connectivity index (χ0n) is 57.9. The van der Waals surface area contributed by atoms with E-state index < -0.39 is 0 Å². The van der Waals surface area contributed by atoms with Gasteiger partial charge >= 0.3 is 7.12 Å². The van der Waals surface area contributed by atoms with Crippen LogP contribution >= 0.6 is 0 Å². The average Bonchev–Trinajstić information content (AvgIpc) is 1.60. The molecule has 1 fully saturated rings. The second-order valence-corrected chi connectivity index (χ2v) is 26.3. The molecular formula is C90H87BN10O2. The van der Waals surface area contributed by atoms with Crippen molar-refractivity contribution in [3.05, 3.63) is 318 Å². The van der Waals surface area contributed by atoms with Gasteiger partial charge in [-0.1, -0.05) is 245 Å². The van der Waals surface area contributed by atoms with E-state index in [1.165, 1.54) is 32.8 Å². The second kappa shape index (κ2) is 31.2. The number of benzene rings is 10. The lowest BCUT2D eigenvalue weighted by Crippen LogP contribution is -2.41. The van der Waals surface area contributed by atoms with Crippen molar-refractivity contribution >= 4 is 126 Å². The summed E-state index contributed by atoms with van der Waals surface area (Å²) in [7, 11) is 5.57. The molecule has 0 radical (unpaired) electrons. The van der Waals surface area contributed by atoms with E-state index in [4.69, 9.17) is 14.4 Å². The van der Waals surface area contributed by atoms with Gasteiger partial charge in [-0.25, -0.2) is 0 Å². The fourth-order valence-electron chi connectivity index (χ4n) is 12.7. The number of H-pyrrole nitrogens is 1. The van der Waals surface area contributed by atoms with Gasteiger partial charge in [-0.2, -0.15) is 20.4 Å². The quantitative estimate of drug-likeness (QED) is 0.127. The SMILES string of the molecule is C.C.C(=C\c1n[nH]c2ccc(-c3cncc4ccccc34)cc12)/c1ccccc1.Cc1ccc2c(c1)c(/C=C/c1ccccc1)nn2C.Cn1nc(/C=C/c2ccccc2)c2cc(-c3cncc4ccccc34)ccc21.Cn1nc(/C=C/c2ccccc2)c2cc(B3OC(C)(C)C(C)(C)O3)ccc21.[HH]. The maximum atomic E-state index is 6.21. The van der Waals surface area contributed by atoms with Crippen molar-refractivity contribution < 1.29 is 10.7 Å². The molecule has 10 aromatic carbocycles. The highest BCUT2D eigenvalue weighted by molar-refractivity contribution is 6.62. The first-order valence-corrected chi connectivity index (χ1v) is 34.0. The molecule has 16 aromatic rings. The summed E-state index contributed by atoms with van der Waals surface area (Å²) in [6.07, 6.45) is 24.4. The number of aryl methyl sites for hydroxylation is 4. The Morgan fingerprint density at radius 3 is 1.19 bits per heavy atom. The third-order valence-electron chi connectivity index (χ3n) is 18.8. The number of fused-ring (bicyclic) bond motifs is 6. The van der Waals surface area contributed by atoms with Crippen LogP contribution < -0.4 is 5.46 Å². The van der Waals surface area contributed by atoms with Crippen LogP contribution in [0.25, 0.3) is 136 Å². The minimum atomic E-state index is -0.370. The number of rotatable bonds is 11. The van der Waals surface area contributed by atoms with Gasteiger partial charge < -0.3 is 9.31 Å². The zero-order chi connectivity index (χ0) is 69.5. The Hall–Kier alpha value is -12.2. The Morgan fingerprint density at radius 1 is 0.369 bits per heavy atom. The lowest BCUT2D eigenvalue weighted by atomic mass is 9.78. The van der Waals surface area contributed by atoms with E-state index in [2.05, 4.69) is 271 Å². The van der Waals surface area contributed by atoms with Gasteiger partial charge in [0.1, 0.15) is 0 Å². The highest BCUT2D eigenvalue weighted by atomic mass is 16.7. The molecule has 0 atom stereocenters. The van der Waals surface area contributed by atoms with Crippen molar-refractivity contribution in [3.8, 4) is 22.3 Å². The smallest absolute Gasteiger partial charge is 0.399 e. The lowest BCUT2D eigenvalue weighted by Gasteiger charge is -2.32. The number of nitrogens with zero attached hydrogens (tertiary/aromatic N) is 9. The molecule has 17 rings (SSSR count). The minimum Gasteiger partial charge on any atom is -0.399 e. The van der Waals surface area contributed by atoms with Gasteiger partial charge in [-0.3, -0.25) is 29.1 Å². The Balaban J connectivity index is 0.000000139. The molecule has 12 nitrogen and oxygen atoms in total. The minimum absolute atomic E-state index is 0. The molecule has 13 heteroatoms. The maximum absolute atomic E-state index is 6.21. The molecular weight excluding hydrogens is 1260 g/mol. The number of hydrogen-bond donors (Lipinski definition) is 1. The first-order valence-electron chi connectivity index (χ1n) is 34.0. The number of hydrogen-bond acceptors (Lipinski definition) is 8. The Bertz CT molecular complexity index is 5710. The number of nitrogens with one attached hydrogen (secondary N) is 1. The van der Waals surface area contributed by atoms with E-state index in [0.717, 1.165) is 111 Å². The molecule has 1 aliphatic heterocycles. The summed E-state index contributed by atoms with van der Waals surface area (Å²) in [4.78, 5) is 8.86. The Morgan fingerprint density at radius 2 is 0.738 bits per heavy atom. The van der Waals surface area contributed by atoms with Crippen molar-refractivity contribution in [2.75, 3.05) is 0 Å². The summed E-state index contributed by atoms with van der Waals surface area (Å²) in [6.45, 7) is 10.4. The molecule has 0 bridgehead atoms. The first kappa shape index (κ1) is 70.7. The normalized spacial score (nSPS) is 13.2. The largest absolute Gasteiger partial charge is 0.494 e. The summed E-state index contributed by atoms with van der Waals surface area (Å²) in [6, 6.07) is 83.4. The van der Waals surface area contributed by atoms with Gasteiger partial charge in [0, 0.05) is 90.8 Å². The standard InChI is InChI=1S/C25H19N3.C24H17N3.C22H25BN2O2.C17H16N2.2CH4.H2/c1-28-25-14-12-19(23-17-26-16-20-9-5-6-10-21(20)23)15-22(25)24(27-28)13-11-18-7-3-2-4-8-18;1-2-6-17(7-3-1)10-12-23-21-14-18(11-13-24(21)27-26-23)22-16-25-15-19-8-4-5-9-20(19)22;1-21(2)22(3,4)27-23(26-21)17-12-14-20-18(15-17)19(24-25(20)5)13-11-16-9-7-6-8-10-16;1-13-8-11-17-15(12-13)16(18-19(17)2)10-9-14-6-4-3-5-7-14;;;/h2-17H,1H3;1-16H,(H,26,27);6-15H,1-5H3;3-12H,1-2H3;2*1H4;1H/b13-11+;12-10+;13-11+;10-9+;;;. The van der Waals surface area contributed by atoms with Crippen LogP contribution in [0.3, 0.4) is 0 Å². The van der Waals surface area contributed by atoms with E-state index in [1.54, 1.807) is 0 Å². The van der Waals surface area contributed by atoms with Crippen molar-refractivity contribution in [1.82, 2.24) is 49.5 Å². The first-order chi connectivity index (χ1) is 49.2. The fourth-order valence-corrected chi connectivity index (χ4v) is 12.7. The van der Waals surface area contributed by atoms with Crippen LogP contribution in [0.4, 0.5) is 0 Å². The highest BCUT2D eigenvalue weighted by Crippen LogP contribution is 2.38. The molecule has 0 unspecified atom stereocenters. The van der Waals surface area contributed by atoms with Crippen LogP contribution in [0.15, 0.2) is 267 Å². The molecule has 1 saturated heterocycles. The lowest BCUT2D eigenvalue weighted by molar-refractivity contribution is 0.00578. The third-order valence-corrected chi connectivity index (χ3v) is 18.8. The highest BCUT2D eigenvalue weighted by Gasteiger charge is 2.51. The van der Waals surface area contributed by atoms with Gasteiger partial charge in [-0.15, -0.1) is 0 Å². The Kier molecular flexibility index (Phi) is 21.4. The summed E-state index contributed by atoms with van der Waals surface area (Å²) in [5, 5.41) is 30.8. The third kappa shape index (κ3) is 15.7. The molecule has 103 heavy (non-hydrogen) atoms. The number of aromatic amines is 1. The topological polar surface area (TPSA) is 126 Å². The second-order valence-electron chi connectivity index (χ2n) is 26.3. The molecule has 6 aromatic heterocycles. The van der Waals surface area contributed by atoms with E-state index in [-0.39, 0.29) is 34.6 Å². The van der Waals surface area contributed by atoms with Gasteiger partial charge in [0.05, 0.1) is 56.0 Å². The molecule has 0 saturated carbocycles. The van der Waals surface area contributed by atoms with Crippen LogP contribution in [-0.4, -0.2) is 67.8 Å². The molecule has 1 N–H and O–H groups in total. The molecule has 0 amide bonds. The maximum Gasteiger partial charge on any atom is 0.494 e. The molecule has 1 aliphatic rings. The molecule has 512 valence electrons. The van der Waals surface area contributed by atoms with Crippen molar-refractivity contribution in [2.45, 2.75) is 60.7 Å². The molecule has 7 heterocycles. The zero-order valence-corrected chi connectivity index (χ0v) is 57.9. The fraction of sp³-hybridized carbons (Fsp3) is 0.133. The summed E-state index contributed by atoms with van der Waals surface area (Å²) < 4.78 is 18.2. The van der Waals surface area contributed by atoms with Crippen LogP contribution in [0.5, 0.6) is 0 Å². The van der Waals surface area contributed by atoms with E-state index >= 15 is 0 Å². The summed E-state index contributed by atoms with van der Waals surface area (Å²) in [5.41, 5.74) is 19.1. The van der Waals surface area contributed by atoms with Crippen molar-refractivity contribution in [3.63, 3.8) is 0 Å². The van der Waals surface area contributed by atoms with Crippen molar-refractivity contribution in [2.24, 2.45) is 21.1 Å². The van der Waals surface area contributed by atoms with Crippen LogP contribution in [0, 0.1) is 6.92 Å². The monoisotopic (exact) mass is 1350 g/mol.